The van der Waals surface area contributed by atoms with Gasteiger partial charge in [0, 0.05) is 17.1 Å². The van der Waals surface area contributed by atoms with Crippen molar-refractivity contribution < 1.29 is 0 Å². The zero-order valence-corrected chi connectivity index (χ0v) is 13.4. The van der Waals surface area contributed by atoms with Crippen molar-refractivity contribution in [2.75, 3.05) is 0 Å². The van der Waals surface area contributed by atoms with Crippen molar-refractivity contribution in [3.8, 4) is 16.9 Å². The second kappa shape index (κ2) is 5.95. The van der Waals surface area contributed by atoms with Gasteiger partial charge >= 0.3 is 0 Å². The highest BCUT2D eigenvalue weighted by molar-refractivity contribution is 6.33. The maximum Gasteiger partial charge on any atom is 0.0771 e. The van der Waals surface area contributed by atoms with E-state index in [0.717, 1.165) is 28.2 Å². The van der Waals surface area contributed by atoms with Crippen LogP contribution in [0.3, 0.4) is 0 Å². The van der Waals surface area contributed by atoms with Crippen LogP contribution >= 0.6 is 11.6 Å². The smallest absolute Gasteiger partial charge is 0.0771 e. The quantitative estimate of drug-likeness (QED) is 0.785. The molecule has 0 spiro atoms. The number of nitrogens with zero attached hydrogens (tertiary/aromatic N) is 2. The van der Waals surface area contributed by atoms with E-state index in [0.29, 0.717) is 11.6 Å². The molecule has 2 aromatic carbocycles. The van der Waals surface area contributed by atoms with Crippen molar-refractivity contribution in [3.63, 3.8) is 0 Å². The Balaban J connectivity index is 2.26. The summed E-state index contributed by atoms with van der Waals surface area (Å²) in [7, 11) is 0. The largest absolute Gasteiger partial charge is 0.325 e. The fourth-order valence-corrected chi connectivity index (χ4v) is 2.75. The van der Waals surface area contributed by atoms with Gasteiger partial charge in [0.2, 0.25) is 0 Å². The molecule has 0 amide bonds. The van der Waals surface area contributed by atoms with E-state index in [9.17, 15) is 0 Å². The topological polar surface area (TPSA) is 43.8 Å². The van der Waals surface area contributed by atoms with E-state index in [4.69, 9.17) is 17.3 Å². The standard InChI is InChI=1S/C18H18ClN3/c1-12-7-8-13(2)17(9-12)22-18(10-14(11-20)21-22)15-5-3-4-6-16(15)19/h3-10H,11,20H2,1-2H3. The molecule has 1 aromatic heterocycles. The van der Waals surface area contributed by atoms with Crippen molar-refractivity contribution in [1.29, 1.82) is 0 Å². The lowest BCUT2D eigenvalue weighted by Gasteiger charge is -2.12. The highest BCUT2D eigenvalue weighted by Gasteiger charge is 2.14. The maximum atomic E-state index is 6.37. The van der Waals surface area contributed by atoms with Crippen LogP contribution in [0.25, 0.3) is 16.9 Å². The molecule has 0 saturated carbocycles. The Kier molecular flexibility index (Phi) is 4.01. The molecule has 0 radical (unpaired) electrons. The predicted octanol–water partition coefficient (Wildman–Crippen LogP) is 4.27. The third-order valence-electron chi connectivity index (χ3n) is 3.71. The van der Waals surface area contributed by atoms with Gasteiger partial charge in [0.1, 0.15) is 0 Å². The average Bonchev–Trinajstić information content (AvgIpc) is 2.94. The second-order valence-corrected chi connectivity index (χ2v) is 5.81. The van der Waals surface area contributed by atoms with Crippen LogP contribution in [-0.4, -0.2) is 9.78 Å². The number of hydrogen-bond acceptors (Lipinski definition) is 2. The molecule has 3 nitrogen and oxygen atoms in total. The first-order chi connectivity index (χ1) is 10.6. The van der Waals surface area contributed by atoms with Gasteiger partial charge < -0.3 is 5.73 Å². The minimum Gasteiger partial charge on any atom is -0.325 e. The van der Waals surface area contributed by atoms with Gasteiger partial charge in [-0.3, -0.25) is 0 Å². The molecule has 0 saturated heterocycles. The van der Waals surface area contributed by atoms with Crippen LogP contribution < -0.4 is 5.73 Å². The Labute approximate surface area is 135 Å². The number of aromatic nitrogens is 2. The molecule has 112 valence electrons. The third-order valence-corrected chi connectivity index (χ3v) is 4.04. The van der Waals surface area contributed by atoms with Crippen molar-refractivity contribution in [2.24, 2.45) is 5.73 Å². The summed E-state index contributed by atoms with van der Waals surface area (Å²) in [6.07, 6.45) is 0. The second-order valence-electron chi connectivity index (χ2n) is 5.41. The fraction of sp³-hybridized carbons (Fsp3) is 0.167. The van der Waals surface area contributed by atoms with Crippen molar-refractivity contribution in [1.82, 2.24) is 9.78 Å². The molecule has 0 fully saturated rings. The first kappa shape index (κ1) is 14.8. The normalized spacial score (nSPS) is 10.9. The molecular formula is C18H18ClN3. The summed E-state index contributed by atoms with van der Waals surface area (Å²) < 4.78 is 1.94. The van der Waals surface area contributed by atoms with Crippen LogP contribution in [-0.2, 0) is 6.54 Å². The molecule has 4 heteroatoms. The molecule has 2 N–H and O–H groups in total. The Morgan fingerprint density at radius 3 is 2.59 bits per heavy atom. The highest BCUT2D eigenvalue weighted by atomic mass is 35.5. The lowest BCUT2D eigenvalue weighted by molar-refractivity contribution is 0.832. The van der Waals surface area contributed by atoms with Gasteiger partial charge in [0.25, 0.3) is 0 Å². The highest BCUT2D eigenvalue weighted by Crippen LogP contribution is 2.31. The van der Waals surface area contributed by atoms with E-state index in [1.54, 1.807) is 0 Å². The summed E-state index contributed by atoms with van der Waals surface area (Å²) in [4.78, 5) is 0. The monoisotopic (exact) mass is 311 g/mol. The summed E-state index contributed by atoms with van der Waals surface area (Å²) >= 11 is 6.37. The van der Waals surface area contributed by atoms with E-state index in [-0.39, 0.29) is 0 Å². The van der Waals surface area contributed by atoms with Gasteiger partial charge in [-0.15, -0.1) is 0 Å². The van der Waals surface area contributed by atoms with Gasteiger partial charge in [0.15, 0.2) is 0 Å². The predicted molar refractivity (Wildman–Crippen MR) is 91.4 cm³/mol. The first-order valence-corrected chi connectivity index (χ1v) is 7.59. The van der Waals surface area contributed by atoms with Crippen molar-refractivity contribution >= 4 is 11.6 Å². The van der Waals surface area contributed by atoms with Crippen LogP contribution in [0, 0.1) is 13.8 Å². The Bertz CT molecular complexity index is 821. The third kappa shape index (κ3) is 2.65. The van der Waals surface area contributed by atoms with E-state index in [1.165, 1.54) is 5.56 Å². The number of hydrogen-bond donors (Lipinski definition) is 1. The first-order valence-electron chi connectivity index (χ1n) is 7.21. The van der Waals surface area contributed by atoms with E-state index >= 15 is 0 Å². The van der Waals surface area contributed by atoms with Gasteiger partial charge in [-0.25, -0.2) is 4.68 Å². The van der Waals surface area contributed by atoms with Gasteiger partial charge in [-0.05, 0) is 43.2 Å². The zero-order valence-electron chi connectivity index (χ0n) is 12.7. The Morgan fingerprint density at radius 2 is 1.86 bits per heavy atom. The summed E-state index contributed by atoms with van der Waals surface area (Å²) in [5, 5.41) is 5.36. The van der Waals surface area contributed by atoms with Gasteiger partial charge in [-0.2, -0.15) is 5.10 Å². The average molecular weight is 312 g/mol. The number of nitrogens with two attached hydrogens (primary N) is 1. The number of benzene rings is 2. The Morgan fingerprint density at radius 1 is 1.09 bits per heavy atom. The molecule has 0 atom stereocenters. The number of halogens is 1. The van der Waals surface area contributed by atoms with Crippen molar-refractivity contribution in [2.45, 2.75) is 20.4 Å². The SMILES string of the molecule is Cc1ccc(C)c(-n2nc(CN)cc2-c2ccccc2Cl)c1. The molecule has 3 aromatic rings. The molecule has 0 unspecified atom stereocenters. The minimum atomic E-state index is 0.398. The summed E-state index contributed by atoms with van der Waals surface area (Å²) in [6, 6.07) is 16.1. The van der Waals surface area contributed by atoms with Gasteiger partial charge in [-0.1, -0.05) is 41.9 Å². The maximum absolute atomic E-state index is 6.37. The van der Waals surface area contributed by atoms with E-state index in [2.05, 4.69) is 37.1 Å². The molecule has 3 rings (SSSR count). The Hall–Kier alpha value is -2.10. The van der Waals surface area contributed by atoms with E-state index < -0.39 is 0 Å². The number of rotatable bonds is 3. The summed E-state index contributed by atoms with van der Waals surface area (Å²) in [5.74, 6) is 0. The van der Waals surface area contributed by atoms with Crippen LogP contribution in [0.1, 0.15) is 16.8 Å². The molecule has 22 heavy (non-hydrogen) atoms. The molecule has 0 aliphatic rings. The molecule has 0 bridgehead atoms. The lowest BCUT2D eigenvalue weighted by Crippen LogP contribution is -2.04. The molecule has 0 aliphatic carbocycles. The summed E-state index contributed by atoms with van der Waals surface area (Å²) in [6.45, 7) is 4.55. The minimum absolute atomic E-state index is 0.398. The van der Waals surface area contributed by atoms with Crippen LogP contribution in [0.2, 0.25) is 5.02 Å². The van der Waals surface area contributed by atoms with Crippen LogP contribution in [0.5, 0.6) is 0 Å². The van der Waals surface area contributed by atoms with Gasteiger partial charge in [0.05, 0.1) is 17.1 Å². The summed E-state index contributed by atoms with van der Waals surface area (Å²) in [5.41, 5.74) is 11.9. The molecular weight excluding hydrogens is 294 g/mol. The molecule has 1 heterocycles. The van der Waals surface area contributed by atoms with Crippen LogP contribution in [0.4, 0.5) is 0 Å². The fourth-order valence-electron chi connectivity index (χ4n) is 2.52. The number of aryl methyl sites for hydroxylation is 2. The van der Waals surface area contributed by atoms with Crippen LogP contribution in [0.15, 0.2) is 48.5 Å². The molecule has 0 aliphatic heterocycles. The van der Waals surface area contributed by atoms with Crippen molar-refractivity contribution in [3.05, 3.63) is 70.4 Å². The van der Waals surface area contributed by atoms with E-state index in [1.807, 2.05) is 35.0 Å². The zero-order chi connectivity index (χ0) is 15.7. The lowest BCUT2D eigenvalue weighted by atomic mass is 10.1.